The molecule has 2 rings (SSSR count). The Morgan fingerprint density at radius 3 is 2.59 bits per heavy atom. The highest BCUT2D eigenvalue weighted by Gasteiger charge is 2.58. The van der Waals surface area contributed by atoms with Gasteiger partial charge in [-0.05, 0) is 40.0 Å². The van der Waals surface area contributed by atoms with Crippen LogP contribution in [0.3, 0.4) is 0 Å². The van der Waals surface area contributed by atoms with Crippen LogP contribution in [0.1, 0.15) is 46.5 Å². The lowest BCUT2D eigenvalue weighted by atomic mass is 9.51. The molecule has 0 heterocycles. The predicted molar refractivity (Wildman–Crippen MR) is 69.2 cm³/mol. The van der Waals surface area contributed by atoms with Gasteiger partial charge in [0.2, 0.25) is 0 Å². The molecule has 2 aliphatic rings. The van der Waals surface area contributed by atoms with Gasteiger partial charge in [0.15, 0.2) is 0 Å². The molecule has 0 amide bonds. The highest BCUT2D eigenvalue weighted by Crippen LogP contribution is 2.57. The lowest BCUT2D eigenvalue weighted by Gasteiger charge is -2.61. The zero-order valence-corrected chi connectivity index (χ0v) is 11.5. The second-order valence-electron chi connectivity index (χ2n) is 5.55. The lowest BCUT2D eigenvalue weighted by Crippen LogP contribution is -2.68. The van der Waals surface area contributed by atoms with Crippen molar-refractivity contribution in [3.8, 4) is 0 Å². The summed E-state index contributed by atoms with van der Waals surface area (Å²) in [6.45, 7) is 8.86. The van der Waals surface area contributed by atoms with E-state index in [1.165, 1.54) is 25.7 Å². The molecule has 0 aromatic heterocycles. The van der Waals surface area contributed by atoms with Gasteiger partial charge in [0.25, 0.3) is 0 Å². The molecule has 3 nitrogen and oxygen atoms in total. The van der Waals surface area contributed by atoms with Crippen LogP contribution in [0.25, 0.3) is 0 Å². The van der Waals surface area contributed by atoms with Crippen molar-refractivity contribution in [2.24, 2.45) is 5.41 Å². The summed E-state index contributed by atoms with van der Waals surface area (Å²) in [5.41, 5.74) is 0.469. The van der Waals surface area contributed by atoms with Gasteiger partial charge in [-0.2, -0.15) is 0 Å². The summed E-state index contributed by atoms with van der Waals surface area (Å²) >= 11 is 0. The van der Waals surface area contributed by atoms with E-state index in [0.717, 1.165) is 19.8 Å². The van der Waals surface area contributed by atoms with Crippen LogP contribution in [0.2, 0.25) is 0 Å². The summed E-state index contributed by atoms with van der Waals surface area (Å²) in [7, 11) is 0. The molecule has 2 fully saturated rings. The minimum atomic E-state index is 0.458. The van der Waals surface area contributed by atoms with Gasteiger partial charge in [0.1, 0.15) is 0 Å². The first-order valence-corrected chi connectivity index (χ1v) is 7.18. The first kappa shape index (κ1) is 13.3. The number of rotatable bonds is 7. The van der Waals surface area contributed by atoms with E-state index < -0.39 is 0 Å². The predicted octanol–water partition coefficient (Wildman–Crippen LogP) is 2.35. The highest BCUT2D eigenvalue weighted by atomic mass is 16.5. The largest absolute Gasteiger partial charge is 0.380 e. The molecule has 0 aromatic rings. The van der Waals surface area contributed by atoms with E-state index in [1.54, 1.807) is 0 Å². The standard InChI is InChI=1S/C14H27NO2/c1-4-16-10-11(3)15-12-9-13(17-5-2)14(12)7-6-8-14/h11-13,15H,4-10H2,1-3H3. The Kier molecular flexibility index (Phi) is 4.45. The summed E-state index contributed by atoms with van der Waals surface area (Å²) in [6.07, 6.45) is 5.76. The molecule has 0 saturated heterocycles. The molecular formula is C14H27NO2. The molecule has 0 bridgehead atoms. The van der Waals surface area contributed by atoms with Gasteiger partial charge in [0, 0.05) is 30.7 Å². The number of nitrogens with one attached hydrogen (secondary N) is 1. The number of hydrogen-bond donors (Lipinski definition) is 1. The second-order valence-corrected chi connectivity index (χ2v) is 5.55. The molecule has 1 spiro atoms. The Hall–Kier alpha value is -0.120. The fourth-order valence-corrected chi connectivity index (χ4v) is 3.36. The normalized spacial score (nSPS) is 31.9. The minimum absolute atomic E-state index is 0.458. The third-order valence-corrected chi connectivity index (χ3v) is 4.49. The first-order valence-electron chi connectivity index (χ1n) is 7.18. The molecule has 3 atom stereocenters. The summed E-state index contributed by atoms with van der Waals surface area (Å²) in [6, 6.07) is 1.11. The van der Waals surface area contributed by atoms with Gasteiger partial charge in [-0.15, -0.1) is 0 Å². The zero-order chi connectivity index (χ0) is 12.3. The molecule has 0 radical (unpaired) electrons. The van der Waals surface area contributed by atoms with Crippen LogP contribution in [0, 0.1) is 5.41 Å². The van der Waals surface area contributed by atoms with E-state index in [1.807, 2.05) is 0 Å². The van der Waals surface area contributed by atoms with Gasteiger partial charge in [-0.25, -0.2) is 0 Å². The van der Waals surface area contributed by atoms with E-state index in [9.17, 15) is 0 Å². The van der Waals surface area contributed by atoms with E-state index in [0.29, 0.717) is 23.6 Å². The Morgan fingerprint density at radius 1 is 1.29 bits per heavy atom. The summed E-state index contributed by atoms with van der Waals surface area (Å²) in [4.78, 5) is 0. The Balaban J connectivity index is 1.78. The van der Waals surface area contributed by atoms with Crippen molar-refractivity contribution in [2.45, 2.75) is 64.6 Å². The molecule has 0 aliphatic heterocycles. The summed E-state index contributed by atoms with van der Waals surface area (Å²) < 4.78 is 11.3. The first-order chi connectivity index (χ1) is 8.23. The number of ether oxygens (including phenoxy) is 2. The molecule has 100 valence electrons. The average molecular weight is 241 g/mol. The smallest absolute Gasteiger partial charge is 0.0661 e. The lowest BCUT2D eigenvalue weighted by molar-refractivity contribution is -0.175. The van der Waals surface area contributed by atoms with Crippen molar-refractivity contribution in [3.05, 3.63) is 0 Å². The second kappa shape index (κ2) is 5.68. The third kappa shape index (κ3) is 2.51. The van der Waals surface area contributed by atoms with Crippen molar-refractivity contribution in [3.63, 3.8) is 0 Å². The van der Waals surface area contributed by atoms with Gasteiger partial charge >= 0.3 is 0 Å². The van der Waals surface area contributed by atoms with Crippen LogP contribution >= 0.6 is 0 Å². The molecule has 17 heavy (non-hydrogen) atoms. The van der Waals surface area contributed by atoms with Crippen LogP contribution in [-0.2, 0) is 9.47 Å². The van der Waals surface area contributed by atoms with Gasteiger partial charge in [-0.1, -0.05) is 6.42 Å². The molecule has 0 aromatic carbocycles. The van der Waals surface area contributed by atoms with E-state index in [-0.39, 0.29) is 0 Å². The average Bonchev–Trinajstić information content (AvgIpc) is 2.22. The van der Waals surface area contributed by atoms with E-state index >= 15 is 0 Å². The SMILES string of the molecule is CCOCC(C)NC1CC(OCC)C12CCC2. The topological polar surface area (TPSA) is 30.5 Å². The van der Waals surface area contributed by atoms with Crippen LogP contribution in [-0.4, -0.2) is 38.0 Å². The zero-order valence-electron chi connectivity index (χ0n) is 11.5. The monoisotopic (exact) mass is 241 g/mol. The third-order valence-electron chi connectivity index (χ3n) is 4.49. The van der Waals surface area contributed by atoms with Crippen LogP contribution < -0.4 is 5.32 Å². The van der Waals surface area contributed by atoms with Crippen LogP contribution in [0.4, 0.5) is 0 Å². The molecule has 1 N–H and O–H groups in total. The van der Waals surface area contributed by atoms with Crippen molar-refractivity contribution >= 4 is 0 Å². The van der Waals surface area contributed by atoms with Crippen molar-refractivity contribution in [2.75, 3.05) is 19.8 Å². The minimum Gasteiger partial charge on any atom is -0.380 e. The molecule has 2 aliphatic carbocycles. The van der Waals surface area contributed by atoms with Gasteiger partial charge < -0.3 is 14.8 Å². The summed E-state index contributed by atoms with van der Waals surface area (Å²) in [5, 5.41) is 3.73. The fourth-order valence-electron chi connectivity index (χ4n) is 3.36. The molecule has 3 heteroatoms. The summed E-state index contributed by atoms with van der Waals surface area (Å²) in [5.74, 6) is 0. The van der Waals surface area contributed by atoms with Crippen molar-refractivity contribution in [1.29, 1.82) is 0 Å². The van der Waals surface area contributed by atoms with E-state index in [2.05, 4.69) is 26.1 Å². The maximum Gasteiger partial charge on any atom is 0.0661 e. The Bertz CT molecular complexity index is 240. The van der Waals surface area contributed by atoms with Gasteiger partial charge in [-0.3, -0.25) is 0 Å². The molecular weight excluding hydrogens is 214 g/mol. The number of hydrogen-bond acceptors (Lipinski definition) is 3. The fraction of sp³-hybridized carbons (Fsp3) is 1.00. The highest BCUT2D eigenvalue weighted by molar-refractivity contribution is 5.12. The Labute approximate surface area is 105 Å². The maximum atomic E-state index is 5.86. The van der Waals surface area contributed by atoms with Crippen LogP contribution in [0.15, 0.2) is 0 Å². The quantitative estimate of drug-likeness (QED) is 0.742. The van der Waals surface area contributed by atoms with Crippen molar-refractivity contribution < 1.29 is 9.47 Å². The van der Waals surface area contributed by atoms with Crippen molar-refractivity contribution in [1.82, 2.24) is 5.32 Å². The Morgan fingerprint density at radius 2 is 2.06 bits per heavy atom. The van der Waals surface area contributed by atoms with E-state index in [4.69, 9.17) is 9.47 Å². The maximum absolute atomic E-state index is 5.86. The molecule has 2 saturated carbocycles. The van der Waals surface area contributed by atoms with Crippen LogP contribution in [0.5, 0.6) is 0 Å². The van der Waals surface area contributed by atoms with Gasteiger partial charge in [0.05, 0.1) is 12.7 Å². The molecule has 3 unspecified atom stereocenters.